The third-order valence-electron chi connectivity index (χ3n) is 4.50. The van der Waals surface area contributed by atoms with Gasteiger partial charge in [-0.25, -0.2) is 0 Å². The van der Waals surface area contributed by atoms with Crippen molar-refractivity contribution in [1.29, 1.82) is 0 Å². The van der Waals surface area contributed by atoms with Crippen LogP contribution in [-0.2, 0) is 29.7 Å². The smallest absolute Gasteiger partial charge is 0.417 e. The van der Waals surface area contributed by atoms with Crippen molar-refractivity contribution in [2.45, 2.75) is 44.7 Å². The second-order valence-electron chi connectivity index (χ2n) is 6.50. The van der Waals surface area contributed by atoms with Gasteiger partial charge in [-0.2, -0.15) is 39.5 Å². The first-order chi connectivity index (χ1) is 13.0. The van der Waals surface area contributed by atoms with Crippen LogP contribution in [0.25, 0.3) is 0 Å². The van der Waals surface area contributed by atoms with Crippen LogP contribution in [0.3, 0.4) is 0 Å². The van der Waals surface area contributed by atoms with Crippen LogP contribution in [0.5, 0.6) is 0 Å². The molecule has 166 valence electrons. The lowest BCUT2D eigenvalue weighted by Gasteiger charge is -2.25. The molecular formula is C17H18F9NO2. The maximum atomic E-state index is 13.4. The molecule has 1 rings (SSSR count). The highest BCUT2D eigenvalue weighted by Gasteiger charge is 2.51. The second-order valence-corrected chi connectivity index (χ2v) is 6.50. The molecule has 29 heavy (non-hydrogen) atoms. The van der Waals surface area contributed by atoms with Crippen molar-refractivity contribution in [3.05, 3.63) is 34.4 Å². The number of benzene rings is 1. The van der Waals surface area contributed by atoms with E-state index < -0.39 is 65.0 Å². The number of hydrogen-bond donors (Lipinski definition) is 2. The lowest BCUT2D eigenvalue weighted by molar-refractivity contribution is -0.175. The van der Waals surface area contributed by atoms with Gasteiger partial charge in [0.05, 0.1) is 22.6 Å². The normalized spacial score (nSPS) is 15.3. The van der Waals surface area contributed by atoms with Crippen LogP contribution < -0.4 is 5.73 Å². The Morgan fingerprint density at radius 2 is 1.48 bits per heavy atom. The van der Waals surface area contributed by atoms with E-state index in [1.165, 1.54) is 6.92 Å². The Kier molecular flexibility index (Phi) is 7.60. The third-order valence-corrected chi connectivity index (χ3v) is 4.50. The first-order valence-corrected chi connectivity index (χ1v) is 8.34. The van der Waals surface area contributed by atoms with E-state index in [4.69, 9.17) is 10.8 Å². The zero-order chi connectivity index (χ0) is 22.8. The van der Waals surface area contributed by atoms with Crippen molar-refractivity contribution >= 4 is 5.97 Å². The van der Waals surface area contributed by atoms with Crippen molar-refractivity contribution in [2.75, 3.05) is 6.54 Å². The third kappa shape index (κ3) is 6.25. The number of alkyl halides is 9. The molecule has 1 aromatic carbocycles. The van der Waals surface area contributed by atoms with Gasteiger partial charge in [-0.1, -0.05) is 19.4 Å². The minimum absolute atomic E-state index is 0.0300. The summed E-state index contributed by atoms with van der Waals surface area (Å²) in [7, 11) is 0. The second kappa shape index (κ2) is 8.80. The van der Waals surface area contributed by atoms with Crippen LogP contribution >= 0.6 is 0 Å². The zero-order valence-corrected chi connectivity index (χ0v) is 15.0. The van der Waals surface area contributed by atoms with Crippen molar-refractivity contribution in [3.63, 3.8) is 0 Å². The number of halogens is 9. The van der Waals surface area contributed by atoms with Gasteiger partial charge in [0, 0.05) is 6.54 Å². The first kappa shape index (κ1) is 25.1. The Morgan fingerprint density at radius 1 is 0.966 bits per heavy atom. The van der Waals surface area contributed by atoms with Gasteiger partial charge >= 0.3 is 24.5 Å². The van der Waals surface area contributed by atoms with E-state index in [0.29, 0.717) is 6.07 Å². The summed E-state index contributed by atoms with van der Waals surface area (Å²) in [5.41, 5.74) is -3.33. The van der Waals surface area contributed by atoms with E-state index in [1.807, 2.05) is 0 Å². The lowest BCUT2D eigenvalue weighted by atomic mass is 9.84. The molecule has 0 fully saturated rings. The first-order valence-electron chi connectivity index (χ1n) is 8.34. The van der Waals surface area contributed by atoms with Crippen molar-refractivity contribution < 1.29 is 49.4 Å². The summed E-state index contributed by atoms with van der Waals surface area (Å²) in [4.78, 5) is 11.1. The Morgan fingerprint density at radius 3 is 1.83 bits per heavy atom. The van der Waals surface area contributed by atoms with Crippen LogP contribution in [0.1, 0.15) is 42.0 Å². The quantitative estimate of drug-likeness (QED) is 0.563. The molecule has 0 radical (unpaired) electrons. The monoisotopic (exact) mass is 439 g/mol. The maximum Gasteiger partial charge on any atom is 0.417 e. The Balaban J connectivity index is 3.61. The Hall–Kier alpha value is -1.98. The molecule has 0 saturated heterocycles. The van der Waals surface area contributed by atoms with Gasteiger partial charge in [0.15, 0.2) is 0 Å². The van der Waals surface area contributed by atoms with E-state index >= 15 is 0 Å². The topological polar surface area (TPSA) is 63.3 Å². The molecule has 3 N–H and O–H groups in total. The number of rotatable bonds is 7. The lowest BCUT2D eigenvalue weighted by Crippen LogP contribution is -2.28. The molecule has 0 saturated carbocycles. The summed E-state index contributed by atoms with van der Waals surface area (Å²) in [6.45, 7) is 1.13. The number of aliphatic carboxylic acids is 1. The van der Waals surface area contributed by atoms with E-state index in [-0.39, 0.29) is 25.5 Å². The summed E-state index contributed by atoms with van der Waals surface area (Å²) in [5.74, 6) is -3.31. The van der Waals surface area contributed by atoms with Crippen LogP contribution in [0.15, 0.2) is 12.1 Å². The average Bonchev–Trinajstić information content (AvgIpc) is 2.54. The van der Waals surface area contributed by atoms with Gasteiger partial charge in [0.2, 0.25) is 0 Å². The molecule has 0 amide bonds. The molecule has 0 aliphatic rings. The number of carboxylic acids is 1. The van der Waals surface area contributed by atoms with E-state index in [0.717, 1.165) is 0 Å². The fourth-order valence-corrected chi connectivity index (χ4v) is 3.08. The van der Waals surface area contributed by atoms with E-state index in [1.54, 1.807) is 0 Å². The molecule has 0 aromatic heterocycles. The maximum absolute atomic E-state index is 13.4. The summed E-state index contributed by atoms with van der Waals surface area (Å²) < 4.78 is 119. The van der Waals surface area contributed by atoms with Crippen LogP contribution in [0.4, 0.5) is 39.5 Å². The minimum atomic E-state index is -5.91. The molecule has 0 bridgehead atoms. The largest absolute Gasteiger partial charge is 0.481 e. The number of carbonyl (C=O) groups is 1. The number of hydrogen-bond acceptors (Lipinski definition) is 2. The molecule has 3 nitrogen and oxygen atoms in total. The molecule has 1 aromatic rings. The number of carboxylic acid groups (broad SMARTS) is 1. The van der Waals surface area contributed by atoms with Gasteiger partial charge in [-0.3, -0.25) is 4.79 Å². The average molecular weight is 439 g/mol. The molecule has 0 aliphatic heterocycles. The Bertz CT molecular complexity index is 723. The van der Waals surface area contributed by atoms with E-state index in [9.17, 15) is 44.3 Å². The van der Waals surface area contributed by atoms with E-state index in [2.05, 4.69) is 0 Å². The molecule has 0 aliphatic carbocycles. The van der Waals surface area contributed by atoms with Crippen LogP contribution in [0, 0.1) is 11.8 Å². The highest BCUT2D eigenvalue weighted by Crippen LogP contribution is 2.48. The zero-order valence-electron chi connectivity index (χ0n) is 15.0. The fourth-order valence-electron chi connectivity index (χ4n) is 3.08. The predicted octanol–water partition coefficient (Wildman–Crippen LogP) is 5.36. The van der Waals surface area contributed by atoms with Crippen LogP contribution in [-0.4, -0.2) is 17.6 Å². The predicted molar refractivity (Wildman–Crippen MR) is 83.7 cm³/mol. The van der Waals surface area contributed by atoms with Crippen molar-refractivity contribution in [1.82, 2.24) is 0 Å². The Labute approximate surface area is 159 Å². The van der Waals surface area contributed by atoms with Crippen LogP contribution in [0.2, 0.25) is 0 Å². The molecule has 0 heterocycles. The molecule has 2 unspecified atom stereocenters. The molecule has 2 atom stereocenters. The standard InChI is InChI=1S/C17H18F9NO2/c1-2-8(6-10(7-27)14(28)29)5-9-3-4-11(15(18,19)20)13(17(24,25)26)12(9)16(21,22)23/h3-4,8,10H,2,5-7,27H2,1H3,(H,28,29). The van der Waals surface area contributed by atoms with Gasteiger partial charge < -0.3 is 10.8 Å². The fraction of sp³-hybridized carbons (Fsp3) is 0.588. The summed E-state index contributed by atoms with van der Waals surface area (Å²) in [5, 5.41) is 9.01. The van der Waals surface area contributed by atoms with Gasteiger partial charge in [0.25, 0.3) is 0 Å². The van der Waals surface area contributed by atoms with Gasteiger partial charge in [-0.05, 0) is 30.4 Å². The summed E-state index contributed by atoms with van der Waals surface area (Å²) in [6.07, 6.45) is -18.1. The molecule has 0 spiro atoms. The minimum Gasteiger partial charge on any atom is -0.481 e. The molecule has 12 heteroatoms. The highest BCUT2D eigenvalue weighted by molar-refractivity contribution is 5.70. The van der Waals surface area contributed by atoms with Gasteiger partial charge in [-0.15, -0.1) is 0 Å². The van der Waals surface area contributed by atoms with Crippen molar-refractivity contribution in [3.8, 4) is 0 Å². The SMILES string of the molecule is CCC(Cc1ccc(C(F)(F)F)c(C(F)(F)F)c1C(F)(F)F)CC(CN)C(=O)O. The summed E-state index contributed by atoms with van der Waals surface area (Å²) in [6, 6.07) is 0.333. The highest BCUT2D eigenvalue weighted by atomic mass is 19.4. The summed E-state index contributed by atoms with van der Waals surface area (Å²) >= 11 is 0. The van der Waals surface area contributed by atoms with Crippen molar-refractivity contribution in [2.24, 2.45) is 17.6 Å². The van der Waals surface area contributed by atoms with Gasteiger partial charge in [0.1, 0.15) is 0 Å². The number of nitrogens with two attached hydrogens (primary N) is 1. The molecular weight excluding hydrogens is 421 g/mol.